The van der Waals surface area contributed by atoms with E-state index in [9.17, 15) is 4.79 Å². The highest BCUT2D eigenvalue weighted by Gasteiger charge is 2.16. The second-order valence-electron chi connectivity index (χ2n) is 4.63. The maximum Gasteiger partial charge on any atom is 0.272 e. The van der Waals surface area contributed by atoms with Gasteiger partial charge in [-0.15, -0.1) is 16.6 Å². The van der Waals surface area contributed by atoms with Crippen LogP contribution in [-0.2, 0) is 0 Å². The predicted molar refractivity (Wildman–Crippen MR) is 83.9 cm³/mol. The zero-order chi connectivity index (χ0) is 16.2. The van der Waals surface area contributed by atoms with E-state index in [4.69, 9.17) is 11.2 Å². The third-order valence-electron chi connectivity index (χ3n) is 3.25. The van der Waals surface area contributed by atoms with Crippen LogP contribution in [0.25, 0.3) is 16.8 Å². The summed E-state index contributed by atoms with van der Waals surface area (Å²) in [6, 6.07) is 9.11. The van der Waals surface area contributed by atoms with Gasteiger partial charge in [0.2, 0.25) is 0 Å². The molecular formula is C16H13N5O2. The summed E-state index contributed by atoms with van der Waals surface area (Å²) in [6.45, 7) is 0.130. The van der Waals surface area contributed by atoms with Gasteiger partial charge in [-0.3, -0.25) is 4.79 Å². The molecule has 1 amide bonds. The highest BCUT2D eigenvalue weighted by atomic mass is 16.5. The van der Waals surface area contributed by atoms with Gasteiger partial charge < -0.3 is 10.1 Å². The quantitative estimate of drug-likeness (QED) is 0.732. The van der Waals surface area contributed by atoms with Gasteiger partial charge in [0.05, 0.1) is 13.7 Å². The van der Waals surface area contributed by atoms with Crippen LogP contribution in [0, 0.1) is 12.3 Å². The predicted octanol–water partition coefficient (Wildman–Crippen LogP) is 1.16. The Hall–Kier alpha value is -3.40. The molecule has 0 fully saturated rings. The van der Waals surface area contributed by atoms with Crippen molar-refractivity contribution in [2.45, 2.75) is 0 Å². The molecule has 114 valence electrons. The molecule has 2 aromatic heterocycles. The molecule has 0 unspecified atom stereocenters. The maximum absolute atomic E-state index is 12.2. The Morgan fingerprint density at radius 1 is 1.39 bits per heavy atom. The fourth-order valence-electron chi connectivity index (χ4n) is 2.22. The number of aromatic nitrogens is 4. The van der Waals surface area contributed by atoms with Gasteiger partial charge in [-0.25, -0.2) is 0 Å². The van der Waals surface area contributed by atoms with Crippen molar-refractivity contribution >= 4 is 11.6 Å². The summed E-state index contributed by atoms with van der Waals surface area (Å²) in [6.07, 6.45) is 6.60. The van der Waals surface area contributed by atoms with Crippen LogP contribution in [0.3, 0.4) is 0 Å². The number of amides is 1. The van der Waals surface area contributed by atoms with Crippen molar-refractivity contribution in [1.29, 1.82) is 0 Å². The Labute approximate surface area is 132 Å². The second kappa shape index (κ2) is 6.15. The van der Waals surface area contributed by atoms with Crippen LogP contribution in [0.4, 0.5) is 0 Å². The van der Waals surface area contributed by atoms with Gasteiger partial charge in [-0.05, 0) is 12.1 Å². The lowest BCUT2D eigenvalue weighted by molar-refractivity contribution is 0.0952. The highest BCUT2D eigenvalue weighted by Crippen LogP contribution is 2.31. The number of terminal acetylenes is 1. The average Bonchev–Trinajstić information content (AvgIpc) is 3.07. The van der Waals surface area contributed by atoms with Crippen molar-refractivity contribution in [2.75, 3.05) is 13.7 Å². The number of ether oxygens (including phenoxy) is 1. The molecule has 0 atom stereocenters. The number of methoxy groups -OCH3 is 1. The van der Waals surface area contributed by atoms with Crippen molar-refractivity contribution in [1.82, 2.24) is 25.1 Å². The second-order valence-corrected chi connectivity index (χ2v) is 4.63. The summed E-state index contributed by atoms with van der Waals surface area (Å²) in [5.74, 6) is 2.65. The van der Waals surface area contributed by atoms with E-state index in [0.29, 0.717) is 17.0 Å². The standard InChI is InChI=1S/C16H13N5O2/c1-3-8-17-16(22)13-9-12(15-19-18-10-21(15)20-13)11-6-4-5-7-14(11)23-2/h1,4-7,9-10H,8H2,2H3,(H,17,22). The molecule has 1 N–H and O–H groups in total. The zero-order valence-corrected chi connectivity index (χ0v) is 12.4. The van der Waals surface area contributed by atoms with E-state index in [1.54, 1.807) is 13.2 Å². The average molecular weight is 307 g/mol. The lowest BCUT2D eigenvalue weighted by atomic mass is 10.1. The van der Waals surface area contributed by atoms with Crippen LogP contribution in [0.5, 0.6) is 5.75 Å². The molecule has 0 radical (unpaired) electrons. The summed E-state index contributed by atoms with van der Waals surface area (Å²) in [4.78, 5) is 12.2. The van der Waals surface area contributed by atoms with Gasteiger partial charge >= 0.3 is 0 Å². The number of hydrogen-bond acceptors (Lipinski definition) is 5. The van der Waals surface area contributed by atoms with E-state index >= 15 is 0 Å². The molecule has 3 rings (SSSR count). The van der Waals surface area contributed by atoms with E-state index in [1.807, 2.05) is 24.3 Å². The Kier molecular flexibility index (Phi) is 3.89. The van der Waals surface area contributed by atoms with Gasteiger partial charge in [0.1, 0.15) is 17.8 Å². The lowest BCUT2D eigenvalue weighted by Crippen LogP contribution is -2.25. The Morgan fingerprint density at radius 3 is 3.00 bits per heavy atom. The number of benzene rings is 1. The fraction of sp³-hybridized carbons (Fsp3) is 0.125. The Morgan fingerprint density at radius 2 is 2.22 bits per heavy atom. The summed E-state index contributed by atoms with van der Waals surface area (Å²) < 4.78 is 6.84. The van der Waals surface area contributed by atoms with Gasteiger partial charge in [0, 0.05) is 11.1 Å². The van der Waals surface area contributed by atoms with Crippen LogP contribution in [0.1, 0.15) is 10.5 Å². The van der Waals surface area contributed by atoms with Crippen molar-refractivity contribution in [3.63, 3.8) is 0 Å². The SMILES string of the molecule is C#CCNC(=O)c1cc(-c2ccccc2OC)c2nncn2n1. The number of carbonyl (C=O) groups excluding carboxylic acids is 1. The number of carbonyl (C=O) groups is 1. The third-order valence-corrected chi connectivity index (χ3v) is 3.25. The summed E-state index contributed by atoms with van der Waals surface area (Å²) in [5, 5.41) is 14.7. The van der Waals surface area contributed by atoms with E-state index in [0.717, 1.165) is 5.56 Å². The summed E-state index contributed by atoms with van der Waals surface area (Å²) in [7, 11) is 1.58. The molecule has 0 saturated heterocycles. The largest absolute Gasteiger partial charge is 0.496 e. The smallest absolute Gasteiger partial charge is 0.272 e. The molecular weight excluding hydrogens is 294 g/mol. The van der Waals surface area contributed by atoms with Gasteiger partial charge in [0.15, 0.2) is 5.65 Å². The molecule has 1 aromatic carbocycles. The first kappa shape index (κ1) is 14.5. The molecule has 3 aromatic rings. The first-order valence-corrected chi connectivity index (χ1v) is 6.80. The minimum absolute atomic E-state index is 0.130. The van der Waals surface area contributed by atoms with Gasteiger partial charge in [0.25, 0.3) is 5.91 Å². The molecule has 0 aliphatic heterocycles. The van der Waals surface area contributed by atoms with Gasteiger partial charge in [-0.1, -0.05) is 24.1 Å². The van der Waals surface area contributed by atoms with Crippen LogP contribution >= 0.6 is 0 Å². The first-order valence-electron chi connectivity index (χ1n) is 6.80. The maximum atomic E-state index is 12.2. The first-order chi connectivity index (χ1) is 11.2. The summed E-state index contributed by atoms with van der Waals surface area (Å²) >= 11 is 0. The number of hydrogen-bond donors (Lipinski definition) is 1. The van der Waals surface area contributed by atoms with E-state index in [2.05, 4.69) is 26.5 Å². The van der Waals surface area contributed by atoms with Gasteiger partial charge in [-0.2, -0.15) is 9.61 Å². The molecule has 0 aliphatic carbocycles. The number of fused-ring (bicyclic) bond motifs is 1. The highest BCUT2D eigenvalue weighted by molar-refractivity contribution is 5.95. The fourth-order valence-corrected chi connectivity index (χ4v) is 2.22. The molecule has 23 heavy (non-hydrogen) atoms. The van der Waals surface area contributed by atoms with Crippen LogP contribution in [-0.4, -0.2) is 39.4 Å². The monoisotopic (exact) mass is 307 g/mol. The van der Waals surface area contributed by atoms with Crippen molar-refractivity contribution in [2.24, 2.45) is 0 Å². The molecule has 0 bridgehead atoms. The van der Waals surface area contributed by atoms with Crippen LogP contribution < -0.4 is 10.1 Å². The third kappa shape index (κ3) is 2.70. The molecule has 0 spiro atoms. The van der Waals surface area contributed by atoms with E-state index < -0.39 is 0 Å². The Bertz CT molecular complexity index is 910. The van der Waals surface area contributed by atoms with E-state index in [1.165, 1.54) is 10.8 Å². The number of para-hydroxylation sites is 1. The minimum atomic E-state index is -0.366. The number of nitrogens with one attached hydrogen (secondary N) is 1. The van der Waals surface area contributed by atoms with Crippen LogP contribution in [0.2, 0.25) is 0 Å². The van der Waals surface area contributed by atoms with Crippen molar-refractivity contribution in [3.8, 4) is 29.2 Å². The molecule has 7 nitrogen and oxygen atoms in total. The normalized spacial score (nSPS) is 10.3. The number of nitrogens with zero attached hydrogens (tertiary/aromatic N) is 4. The topological polar surface area (TPSA) is 81.4 Å². The zero-order valence-electron chi connectivity index (χ0n) is 12.4. The number of rotatable bonds is 4. The van der Waals surface area contributed by atoms with Crippen LogP contribution in [0.15, 0.2) is 36.7 Å². The molecule has 2 heterocycles. The molecule has 7 heteroatoms. The molecule has 0 saturated carbocycles. The van der Waals surface area contributed by atoms with Crippen molar-refractivity contribution < 1.29 is 9.53 Å². The van der Waals surface area contributed by atoms with Crippen molar-refractivity contribution in [3.05, 3.63) is 42.4 Å². The minimum Gasteiger partial charge on any atom is -0.496 e. The Balaban J connectivity index is 2.18. The molecule has 0 aliphatic rings. The summed E-state index contributed by atoms with van der Waals surface area (Å²) in [5.41, 5.74) is 2.23. The lowest BCUT2D eigenvalue weighted by Gasteiger charge is -2.10. The van der Waals surface area contributed by atoms with E-state index in [-0.39, 0.29) is 18.1 Å².